The number of phenols is 1. The van der Waals surface area contributed by atoms with Crippen molar-refractivity contribution in [1.29, 1.82) is 0 Å². The summed E-state index contributed by atoms with van der Waals surface area (Å²) in [6.07, 6.45) is 5.78. The number of nitrogens with one attached hydrogen (secondary N) is 1. The van der Waals surface area contributed by atoms with Crippen LogP contribution in [-0.4, -0.2) is 83.6 Å². The number of hydrogen-bond acceptors (Lipinski definition) is 7. The molecule has 9 nitrogen and oxygen atoms in total. The van der Waals surface area contributed by atoms with Crippen molar-refractivity contribution in [2.24, 2.45) is 5.92 Å². The molecular weight excluding hydrogens is 673 g/mol. The topological polar surface area (TPSA) is 92.3 Å². The lowest BCUT2D eigenvalue weighted by Gasteiger charge is -2.36. The molecule has 4 atom stereocenters. The maximum atomic E-state index is 13.2. The molecule has 0 spiro atoms. The van der Waals surface area contributed by atoms with Crippen LogP contribution in [0, 0.1) is 5.92 Å². The van der Waals surface area contributed by atoms with Crippen LogP contribution < -0.4 is 15.1 Å². The Morgan fingerprint density at radius 2 is 1.63 bits per heavy atom. The number of rotatable bonds is 8. The van der Waals surface area contributed by atoms with E-state index >= 15 is 0 Å². The van der Waals surface area contributed by atoms with Crippen molar-refractivity contribution in [1.82, 2.24) is 20.1 Å². The number of pyridine rings is 1. The van der Waals surface area contributed by atoms with Gasteiger partial charge in [0.2, 0.25) is 5.91 Å². The van der Waals surface area contributed by atoms with Crippen LogP contribution in [0.1, 0.15) is 82.2 Å². The molecule has 54 heavy (non-hydrogen) atoms. The highest BCUT2D eigenvalue weighted by Gasteiger charge is 2.39. The Kier molecular flexibility index (Phi) is 9.35. The molecule has 278 valence electrons. The number of piperazine rings is 1. The van der Waals surface area contributed by atoms with Crippen LogP contribution in [0.5, 0.6) is 5.75 Å². The Bertz CT molecular complexity index is 2040. The summed E-state index contributed by atoms with van der Waals surface area (Å²) in [6.45, 7) is 11.4. The highest BCUT2D eigenvalue weighted by Crippen LogP contribution is 2.47. The van der Waals surface area contributed by atoms with E-state index in [2.05, 4.69) is 87.3 Å². The molecule has 0 saturated carbocycles. The van der Waals surface area contributed by atoms with Crippen LogP contribution in [0.15, 0.2) is 97.2 Å². The number of allylic oxidation sites excluding steroid dienone is 1. The highest BCUT2D eigenvalue weighted by atomic mass is 16.3. The van der Waals surface area contributed by atoms with Crippen LogP contribution >= 0.6 is 0 Å². The minimum atomic E-state index is -0.465. The van der Waals surface area contributed by atoms with Gasteiger partial charge in [-0.25, -0.2) is 4.98 Å². The first kappa shape index (κ1) is 34.6. The molecule has 3 aromatic carbocycles. The van der Waals surface area contributed by atoms with Gasteiger partial charge < -0.3 is 25.1 Å². The predicted octanol–water partition coefficient (Wildman–Crippen LogP) is 6.44. The molecule has 3 fully saturated rings. The van der Waals surface area contributed by atoms with Gasteiger partial charge in [0.15, 0.2) is 0 Å². The third-order valence-electron chi connectivity index (χ3n) is 12.7. The average Bonchev–Trinajstić information content (AvgIpc) is 3.81. The van der Waals surface area contributed by atoms with Crippen molar-refractivity contribution in [3.05, 3.63) is 131 Å². The van der Waals surface area contributed by atoms with E-state index in [4.69, 9.17) is 4.98 Å². The lowest BCUT2D eigenvalue weighted by molar-refractivity contribution is -0.126. The number of phenolic OH excluding ortho intramolecular Hbond substituents is 1. The molecule has 9 heteroatoms. The molecule has 0 radical (unpaired) electrons. The van der Waals surface area contributed by atoms with Crippen molar-refractivity contribution >= 4 is 23.3 Å². The Labute approximate surface area is 318 Å². The fourth-order valence-corrected chi connectivity index (χ4v) is 9.72. The molecule has 5 aliphatic rings. The van der Waals surface area contributed by atoms with Crippen molar-refractivity contribution < 1.29 is 14.7 Å². The number of piperidine rings is 1. The van der Waals surface area contributed by atoms with E-state index in [1.165, 1.54) is 40.8 Å². The molecule has 9 rings (SSSR count). The SMILES string of the molecule is C=C1CCC(N2Cc3nc(N4CCN(CCC5CCN(c6ccc([C@@H]7c8ccc(O)cc8CC[C@@H]7c7ccccc7)cc6)C5)CC4)ccc3C2=O)C(=O)N1. The number of carbonyl (C=O) groups excluding carboxylic acids is 2. The molecule has 4 aliphatic heterocycles. The second-order valence-electron chi connectivity index (χ2n) is 16.0. The Hall–Kier alpha value is -5.15. The molecule has 1 aromatic heterocycles. The third-order valence-corrected chi connectivity index (χ3v) is 12.7. The Morgan fingerprint density at radius 3 is 2.43 bits per heavy atom. The molecule has 2 N–H and O–H groups in total. The van der Waals surface area contributed by atoms with Crippen LogP contribution in [0.25, 0.3) is 0 Å². The van der Waals surface area contributed by atoms with Gasteiger partial charge in [0.05, 0.1) is 17.8 Å². The molecule has 1 aliphatic carbocycles. The van der Waals surface area contributed by atoms with Gasteiger partial charge in [-0.1, -0.05) is 55.1 Å². The predicted molar refractivity (Wildman–Crippen MR) is 212 cm³/mol. The minimum Gasteiger partial charge on any atom is -0.508 e. The van der Waals surface area contributed by atoms with Crippen LogP contribution in [-0.2, 0) is 17.8 Å². The first-order chi connectivity index (χ1) is 26.4. The van der Waals surface area contributed by atoms with Gasteiger partial charge in [-0.15, -0.1) is 0 Å². The number of anilines is 2. The van der Waals surface area contributed by atoms with Gasteiger partial charge in [-0.3, -0.25) is 14.5 Å². The highest BCUT2D eigenvalue weighted by molar-refractivity contribution is 6.01. The van der Waals surface area contributed by atoms with Gasteiger partial charge >= 0.3 is 0 Å². The normalized spacial score (nSPS) is 24.4. The number of aryl methyl sites for hydroxylation is 1. The Balaban J connectivity index is 0.777. The number of aromatic hydroxyl groups is 1. The van der Waals surface area contributed by atoms with Crippen molar-refractivity contribution in [3.8, 4) is 5.75 Å². The second kappa shape index (κ2) is 14.6. The van der Waals surface area contributed by atoms with Gasteiger partial charge in [0, 0.05) is 56.6 Å². The molecule has 0 bridgehead atoms. The summed E-state index contributed by atoms with van der Waals surface area (Å²) in [5, 5.41) is 13.0. The maximum absolute atomic E-state index is 13.2. The largest absolute Gasteiger partial charge is 0.508 e. The molecule has 5 heterocycles. The van der Waals surface area contributed by atoms with Crippen LogP contribution in [0.2, 0.25) is 0 Å². The molecular formula is C45H50N6O3. The van der Waals surface area contributed by atoms with E-state index < -0.39 is 6.04 Å². The lowest BCUT2D eigenvalue weighted by Crippen LogP contribution is -2.49. The average molecular weight is 723 g/mol. The zero-order chi connectivity index (χ0) is 36.8. The van der Waals surface area contributed by atoms with Crippen molar-refractivity contribution in [2.75, 3.05) is 55.6 Å². The fourth-order valence-electron chi connectivity index (χ4n) is 9.72. The van der Waals surface area contributed by atoms with E-state index in [-0.39, 0.29) is 17.7 Å². The summed E-state index contributed by atoms with van der Waals surface area (Å²) < 4.78 is 0. The first-order valence-corrected chi connectivity index (χ1v) is 19.9. The Morgan fingerprint density at radius 1 is 0.815 bits per heavy atom. The van der Waals surface area contributed by atoms with Crippen LogP contribution in [0.3, 0.4) is 0 Å². The first-order valence-electron chi connectivity index (χ1n) is 19.9. The summed E-state index contributed by atoms with van der Waals surface area (Å²) in [6, 6.07) is 29.6. The van der Waals surface area contributed by atoms with Gasteiger partial charge in [0.25, 0.3) is 5.91 Å². The van der Waals surface area contributed by atoms with E-state index in [1.54, 1.807) is 4.90 Å². The van der Waals surface area contributed by atoms with Gasteiger partial charge in [0.1, 0.15) is 17.6 Å². The number of hydrogen-bond donors (Lipinski definition) is 2. The number of amides is 2. The summed E-state index contributed by atoms with van der Waals surface area (Å²) in [5.74, 6) is 2.39. The van der Waals surface area contributed by atoms with Crippen LogP contribution in [0.4, 0.5) is 11.5 Å². The number of benzene rings is 3. The fraction of sp³-hybridized carbons (Fsp3) is 0.400. The minimum absolute atomic E-state index is 0.103. The lowest BCUT2D eigenvalue weighted by atomic mass is 9.69. The quantitative estimate of drug-likeness (QED) is 0.217. The number of fused-ring (bicyclic) bond motifs is 2. The molecule has 4 aromatic rings. The van der Waals surface area contributed by atoms with Crippen molar-refractivity contribution in [2.45, 2.75) is 62.9 Å². The van der Waals surface area contributed by atoms with E-state index in [9.17, 15) is 14.7 Å². The third kappa shape index (κ3) is 6.74. The molecule has 3 saturated heterocycles. The number of aromatic nitrogens is 1. The van der Waals surface area contributed by atoms with E-state index in [1.807, 2.05) is 24.3 Å². The van der Waals surface area contributed by atoms with Crippen molar-refractivity contribution in [3.63, 3.8) is 0 Å². The number of nitrogens with zero attached hydrogens (tertiary/aromatic N) is 5. The number of carbonyl (C=O) groups is 2. The summed E-state index contributed by atoms with van der Waals surface area (Å²) in [5.41, 5.74) is 8.76. The molecule has 2 unspecified atom stereocenters. The monoisotopic (exact) mass is 722 g/mol. The standard InChI is InChI=1S/C45H50N6O3/c1-30-7-17-41(44(53)46-30)51-29-40-39(45(51)54)16-18-42(47-40)49-25-23-48(24-26-49)21-19-31-20-22-50(28-31)35-11-8-33(9-12-35)43-37(32-5-3-2-4-6-32)14-10-34-27-36(52)13-15-38(34)43/h2-6,8-9,11-13,15-16,18,27,31,37,41,43,52H,1,7,10,14,17,19-26,28-29H2,(H,46,53)/t31?,37-,41?,43+/m1/s1. The zero-order valence-corrected chi connectivity index (χ0v) is 31.0. The van der Waals surface area contributed by atoms with E-state index in [0.29, 0.717) is 42.5 Å². The van der Waals surface area contributed by atoms with E-state index in [0.717, 1.165) is 75.9 Å². The molecule has 2 amide bonds. The van der Waals surface area contributed by atoms with Gasteiger partial charge in [-0.2, -0.15) is 0 Å². The van der Waals surface area contributed by atoms with Gasteiger partial charge in [-0.05, 0) is 116 Å². The second-order valence-corrected chi connectivity index (χ2v) is 16.0. The smallest absolute Gasteiger partial charge is 0.256 e. The summed E-state index contributed by atoms with van der Waals surface area (Å²) in [7, 11) is 0. The summed E-state index contributed by atoms with van der Waals surface area (Å²) in [4.78, 5) is 39.8. The maximum Gasteiger partial charge on any atom is 0.256 e. The summed E-state index contributed by atoms with van der Waals surface area (Å²) >= 11 is 0. The zero-order valence-electron chi connectivity index (χ0n) is 31.0.